The van der Waals surface area contributed by atoms with Crippen molar-refractivity contribution in [3.63, 3.8) is 0 Å². The van der Waals surface area contributed by atoms with Crippen LogP contribution < -0.4 is 9.80 Å². The van der Waals surface area contributed by atoms with Crippen molar-refractivity contribution < 1.29 is 14.3 Å². The molecule has 0 spiro atoms. The van der Waals surface area contributed by atoms with Crippen LogP contribution in [0.5, 0.6) is 0 Å². The van der Waals surface area contributed by atoms with Crippen LogP contribution in [0.4, 0.5) is 16.4 Å². The molecule has 0 aliphatic carbocycles. The van der Waals surface area contributed by atoms with Gasteiger partial charge in [-0.05, 0) is 39.3 Å². The molecule has 0 aromatic carbocycles. The summed E-state index contributed by atoms with van der Waals surface area (Å²) in [5.74, 6) is 1.96. The zero-order valence-corrected chi connectivity index (χ0v) is 19.0. The maximum atomic E-state index is 12.3. The number of carbonyl (C=O) groups excluding carboxylic acids is 1. The van der Waals surface area contributed by atoms with E-state index >= 15 is 0 Å². The van der Waals surface area contributed by atoms with E-state index in [1.165, 1.54) is 0 Å². The van der Waals surface area contributed by atoms with Gasteiger partial charge in [-0.2, -0.15) is 0 Å². The molecule has 3 heterocycles. The molecule has 3 rings (SSSR count). The second-order valence-electron chi connectivity index (χ2n) is 9.04. The first-order valence-corrected chi connectivity index (χ1v) is 11.0. The number of carbonyl (C=O) groups is 1. The van der Waals surface area contributed by atoms with Crippen LogP contribution in [0, 0.1) is 0 Å². The first-order valence-electron chi connectivity index (χ1n) is 11.0. The molecule has 0 N–H and O–H groups in total. The smallest absolute Gasteiger partial charge is 0.410 e. The van der Waals surface area contributed by atoms with Gasteiger partial charge in [0.2, 0.25) is 0 Å². The van der Waals surface area contributed by atoms with Gasteiger partial charge in [0.25, 0.3) is 0 Å². The van der Waals surface area contributed by atoms with Crippen molar-refractivity contribution in [3.05, 3.63) is 18.2 Å². The Hall–Kier alpha value is -2.06. The number of pyridine rings is 1. The number of morpholine rings is 1. The van der Waals surface area contributed by atoms with Crippen LogP contribution in [-0.2, 0) is 9.47 Å². The minimum atomic E-state index is -0.462. The van der Waals surface area contributed by atoms with Gasteiger partial charge in [0.1, 0.15) is 17.2 Å². The Balaban J connectivity index is 1.47. The Morgan fingerprint density at radius 1 is 1.13 bits per heavy atom. The van der Waals surface area contributed by atoms with Crippen molar-refractivity contribution >= 4 is 17.7 Å². The number of ether oxygens (including phenoxy) is 2. The summed E-state index contributed by atoms with van der Waals surface area (Å²) in [4.78, 5) is 25.9. The molecular formula is C22H37N5O3. The van der Waals surface area contributed by atoms with E-state index in [0.717, 1.165) is 70.5 Å². The van der Waals surface area contributed by atoms with Crippen LogP contribution in [0.25, 0.3) is 0 Å². The summed E-state index contributed by atoms with van der Waals surface area (Å²) in [5.41, 5.74) is -0.462. The summed E-state index contributed by atoms with van der Waals surface area (Å²) in [5, 5.41) is 0. The minimum absolute atomic E-state index is 0.233. The van der Waals surface area contributed by atoms with Crippen LogP contribution in [0.15, 0.2) is 18.2 Å². The average Bonchev–Trinajstić information content (AvgIpc) is 2.73. The maximum Gasteiger partial charge on any atom is 0.410 e. The summed E-state index contributed by atoms with van der Waals surface area (Å²) >= 11 is 0. The lowest BCUT2D eigenvalue weighted by Gasteiger charge is -2.36. The topological polar surface area (TPSA) is 61.4 Å². The van der Waals surface area contributed by atoms with Crippen LogP contribution in [0.3, 0.4) is 0 Å². The first-order chi connectivity index (χ1) is 14.3. The molecule has 2 aliphatic rings. The van der Waals surface area contributed by atoms with E-state index in [-0.39, 0.29) is 6.09 Å². The zero-order chi connectivity index (χ0) is 21.6. The van der Waals surface area contributed by atoms with Crippen molar-refractivity contribution in [2.24, 2.45) is 0 Å². The maximum absolute atomic E-state index is 12.3. The van der Waals surface area contributed by atoms with Crippen molar-refractivity contribution in [2.45, 2.75) is 32.8 Å². The highest BCUT2D eigenvalue weighted by Crippen LogP contribution is 2.19. The molecule has 8 nitrogen and oxygen atoms in total. The van der Waals surface area contributed by atoms with Gasteiger partial charge < -0.3 is 24.2 Å². The molecule has 2 saturated heterocycles. The van der Waals surface area contributed by atoms with Gasteiger partial charge in [-0.1, -0.05) is 6.07 Å². The number of piperazine rings is 1. The average molecular weight is 420 g/mol. The van der Waals surface area contributed by atoms with Gasteiger partial charge in [0.15, 0.2) is 0 Å². The Morgan fingerprint density at radius 3 is 2.50 bits per heavy atom. The second-order valence-corrected chi connectivity index (χ2v) is 9.04. The molecule has 30 heavy (non-hydrogen) atoms. The molecule has 0 atom stereocenters. The molecular weight excluding hydrogens is 382 g/mol. The van der Waals surface area contributed by atoms with Crippen molar-refractivity contribution in [2.75, 3.05) is 82.4 Å². The summed E-state index contributed by atoms with van der Waals surface area (Å²) in [6.45, 7) is 14.3. The summed E-state index contributed by atoms with van der Waals surface area (Å²) in [6, 6.07) is 6.18. The summed E-state index contributed by atoms with van der Waals surface area (Å²) in [6.07, 6.45) is 0.876. The van der Waals surface area contributed by atoms with Gasteiger partial charge in [0.05, 0.1) is 13.2 Å². The fourth-order valence-corrected chi connectivity index (χ4v) is 3.72. The molecule has 0 bridgehead atoms. The lowest BCUT2D eigenvalue weighted by atomic mass is 10.2. The van der Waals surface area contributed by atoms with Gasteiger partial charge in [-0.15, -0.1) is 0 Å². The highest BCUT2D eigenvalue weighted by molar-refractivity contribution is 5.68. The number of rotatable bonds is 6. The molecule has 1 aromatic rings. The van der Waals surface area contributed by atoms with Gasteiger partial charge in [-0.25, -0.2) is 9.78 Å². The van der Waals surface area contributed by atoms with Crippen molar-refractivity contribution in [3.8, 4) is 0 Å². The lowest BCUT2D eigenvalue weighted by Crippen LogP contribution is -2.50. The molecule has 2 aliphatic heterocycles. The predicted octanol–water partition coefficient (Wildman–Crippen LogP) is 2.30. The van der Waals surface area contributed by atoms with E-state index in [1.54, 1.807) is 4.90 Å². The van der Waals surface area contributed by atoms with Gasteiger partial charge in [0, 0.05) is 59.4 Å². The molecule has 8 heteroatoms. The highest BCUT2D eigenvalue weighted by atomic mass is 16.6. The van der Waals surface area contributed by atoms with Crippen molar-refractivity contribution in [1.29, 1.82) is 0 Å². The number of aromatic nitrogens is 1. The quantitative estimate of drug-likeness (QED) is 0.701. The Morgan fingerprint density at radius 2 is 1.83 bits per heavy atom. The minimum Gasteiger partial charge on any atom is -0.444 e. The molecule has 168 valence electrons. The fraction of sp³-hybridized carbons (Fsp3) is 0.727. The molecule has 0 unspecified atom stereocenters. The predicted molar refractivity (Wildman–Crippen MR) is 119 cm³/mol. The van der Waals surface area contributed by atoms with Gasteiger partial charge >= 0.3 is 6.09 Å². The SMILES string of the molecule is CN(CCCN1CCOCC1)c1cccc(N2CCN(C(=O)OC(C)(C)C)CC2)n1. The third-order valence-corrected chi connectivity index (χ3v) is 5.44. The van der Waals surface area contributed by atoms with E-state index in [1.807, 2.05) is 26.8 Å². The van der Waals surface area contributed by atoms with Crippen molar-refractivity contribution in [1.82, 2.24) is 14.8 Å². The Labute approximate surface area is 180 Å². The fourth-order valence-electron chi connectivity index (χ4n) is 3.72. The summed E-state index contributed by atoms with van der Waals surface area (Å²) in [7, 11) is 2.10. The number of anilines is 2. The van der Waals surface area contributed by atoms with E-state index in [9.17, 15) is 4.79 Å². The van der Waals surface area contributed by atoms with Crippen LogP contribution >= 0.6 is 0 Å². The zero-order valence-electron chi connectivity index (χ0n) is 19.0. The number of amides is 1. The number of hydrogen-bond donors (Lipinski definition) is 0. The van der Waals surface area contributed by atoms with Crippen LogP contribution in [-0.4, -0.2) is 99.1 Å². The largest absolute Gasteiger partial charge is 0.444 e. The van der Waals surface area contributed by atoms with E-state index in [0.29, 0.717) is 13.1 Å². The Kier molecular flexibility index (Phi) is 7.77. The third kappa shape index (κ3) is 6.74. The third-order valence-electron chi connectivity index (χ3n) is 5.44. The molecule has 0 saturated carbocycles. The van der Waals surface area contributed by atoms with Gasteiger partial charge in [-0.3, -0.25) is 4.90 Å². The van der Waals surface area contributed by atoms with Crippen LogP contribution in [0.2, 0.25) is 0 Å². The van der Waals surface area contributed by atoms with Crippen LogP contribution in [0.1, 0.15) is 27.2 Å². The van der Waals surface area contributed by atoms with E-state index in [4.69, 9.17) is 14.5 Å². The molecule has 1 aromatic heterocycles. The monoisotopic (exact) mass is 419 g/mol. The number of nitrogens with zero attached hydrogens (tertiary/aromatic N) is 5. The molecule has 1 amide bonds. The Bertz CT molecular complexity index is 680. The molecule has 2 fully saturated rings. The number of hydrogen-bond acceptors (Lipinski definition) is 7. The second kappa shape index (κ2) is 10.3. The normalized spacial score (nSPS) is 18.4. The molecule has 0 radical (unpaired) electrons. The highest BCUT2D eigenvalue weighted by Gasteiger charge is 2.26. The lowest BCUT2D eigenvalue weighted by molar-refractivity contribution is 0.0240. The first kappa shape index (κ1) is 22.6. The van der Waals surface area contributed by atoms with E-state index in [2.05, 4.69) is 33.9 Å². The summed E-state index contributed by atoms with van der Waals surface area (Å²) < 4.78 is 10.9. The standard InChI is InChI=1S/C22H37N5O3/c1-22(2,3)30-21(28)27-13-11-26(12-14-27)20-8-5-7-19(23-20)24(4)9-6-10-25-15-17-29-18-16-25/h5,7-8H,6,9-18H2,1-4H3. The van der Waals surface area contributed by atoms with E-state index < -0.39 is 5.60 Å².